The van der Waals surface area contributed by atoms with Crippen molar-refractivity contribution in [2.45, 2.75) is 31.3 Å². The lowest BCUT2D eigenvalue weighted by atomic mass is 10.2. The number of hydrogen-bond acceptors (Lipinski definition) is 4. The van der Waals surface area contributed by atoms with E-state index in [-0.39, 0.29) is 22.9 Å². The summed E-state index contributed by atoms with van der Waals surface area (Å²) in [4.78, 5) is -0.0562. The maximum Gasteiger partial charge on any atom is 0.265 e. The molecule has 0 aliphatic rings. The van der Waals surface area contributed by atoms with Crippen LogP contribution in [0.15, 0.2) is 27.6 Å². The van der Waals surface area contributed by atoms with E-state index >= 15 is 0 Å². The minimum Gasteiger partial charge on any atom is -0.490 e. The molecule has 0 amide bonds. The molecule has 0 aromatic heterocycles. The van der Waals surface area contributed by atoms with Crippen LogP contribution >= 0.6 is 26.6 Å². The summed E-state index contributed by atoms with van der Waals surface area (Å²) >= 11 is 3.19. The minimum atomic E-state index is -3.85. The van der Waals surface area contributed by atoms with Gasteiger partial charge in [-0.15, -0.1) is 0 Å². The minimum absolute atomic E-state index is 0.0562. The molecule has 1 rings (SSSR count). The monoisotopic (exact) mass is 370 g/mol. The van der Waals surface area contributed by atoms with Crippen LogP contribution in [0.5, 0.6) is 5.75 Å². The zero-order chi connectivity index (χ0) is 14.7. The molecule has 4 nitrogen and oxygen atoms in total. The molecule has 19 heavy (non-hydrogen) atoms. The molecule has 0 radical (unpaired) electrons. The lowest BCUT2D eigenvalue weighted by Crippen LogP contribution is -2.22. The maximum atomic E-state index is 11.4. The molecule has 0 saturated heterocycles. The van der Waals surface area contributed by atoms with Gasteiger partial charge >= 0.3 is 0 Å². The quantitative estimate of drug-likeness (QED) is 0.586. The van der Waals surface area contributed by atoms with E-state index in [1.54, 1.807) is 12.1 Å². The molecule has 7 heteroatoms. The van der Waals surface area contributed by atoms with Gasteiger partial charge in [0.2, 0.25) is 0 Å². The van der Waals surface area contributed by atoms with Gasteiger partial charge in [0.25, 0.3) is 9.05 Å². The van der Waals surface area contributed by atoms with Gasteiger partial charge in [0, 0.05) is 15.2 Å². The van der Waals surface area contributed by atoms with Gasteiger partial charge in [0.15, 0.2) is 0 Å². The lowest BCUT2D eigenvalue weighted by Gasteiger charge is -2.19. The van der Waals surface area contributed by atoms with Crippen LogP contribution < -0.4 is 4.74 Å². The Balaban J connectivity index is 2.74. The van der Waals surface area contributed by atoms with Crippen LogP contribution in [-0.2, 0) is 13.8 Å². The highest BCUT2D eigenvalue weighted by Crippen LogP contribution is 2.30. The van der Waals surface area contributed by atoms with Gasteiger partial charge < -0.3 is 9.47 Å². The number of halogens is 2. The third kappa shape index (κ3) is 6.12. The van der Waals surface area contributed by atoms with Crippen LogP contribution in [0.2, 0.25) is 0 Å². The van der Waals surface area contributed by atoms with Gasteiger partial charge in [-0.25, -0.2) is 8.42 Å². The first-order chi connectivity index (χ1) is 8.59. The first-order valence-electron chi connectivity index (χ1n) is 5.60. The molecule has 0 aliphatic heterocycles. The summed E-state index contributed by atoms with van der Waals surface area (Å²) in [6, 6.07) is 4.64. The van der Waals surface area contributed by atoms with Crippen molar-refractivity contribution in [2.24, 2.45) is 0 Å². The Morgan fingerprint density at radius 2 is 1.89 bits per heavy atom. The molecule has 0 fully saturated rings. The molecule has 0 spiro atoms. The smallest absolute Gasteiger partial charge is 0.265 e. The van der Waals surface area contributed by atoms with Crippen molar-refractivity contribution in [1.29, 1.82) is 0 Å². The van der Waals surface area contributed by atoms with E-state index in [1.807, 2.05) is 20.8 Å². The van der Waals surface area contributed by atoms with Crippen molar-refractivity contribution in [3.63, 3.8) is 0 Å². The molecule has 1 aromatic rings. The average Bonchev–Trinajstić information content (AvgIpc) is 2.23. The average molecular weight is 372 g/mol. The van der Waals surface area contributed by atoms with Crippen LogP contribution in [0.3, 0.4) is 0 Å². The number of rotatable bonds is 5. The summed E-state index contributed by atoms with van der Waals surface area (Å²) < 4.78 is 34.4. The van der Waals surface area contributed by atoms with E-state index in [0.717, 1.165) is 0 Å². The maximum absolute atomic E-state index is 11.4. The second-order valence-corrected chi connectivity index (χ2v) is 8.29. The molecule has 0 aliphatic carbocycles. The van der Waals surface area contributed by atoms with E-state index in [2.05, 4.69) is 15.9 Å². The topological polar surface area (TPSA) is 52.6 Å². The number of hydrogen-bond donors (Lipinski definition) is 0. The molecule has 0 N–H and O–H groups in total. The molecule has 0 bridgehead atoms. The Labute approximate surface area is 126 Å². The fraction of sp³-hybridized carbons (Fsp3) is 0.500. The number of ether oxygens (including phenoxy) is 2. The Kier molecular flexibility index (Phi) is 5.67. The summed E-state index contributed by atoms with van der Waals surface area (Å²) in [5, 5.41) is 0. The van der Waals surface area contributed by atoms with Crippen LogP contribution in [0.4, 0.5) is 0 Å². The molecule has 1 aromatic carbocycles. The Hall–Kier alpha value is -0.300. The third-order valence-electron chi connectivity index (χ3n) is 2.04. The third-order valence-corrected chi connectivity index (χ3v) is 3.88. The second kappa shape index (κ2) is 6.43. The Morgan fingerprint density at radius 1 is 1.26 bits per heavy atom. The summed E-state index contributed by atoms with van der Waals surface area (Å²) in [7, 11) is 1.52. The molecule has 108 valence electrons. The molecule has 0 unspecified atom stereocenters. The normalized spacial score (nSPS) is 12.5. The molecular weight excluding hydrogens is 356 g/mol. The molecule has 0 saturated carbocycles. The highest BCUT2D eigenvalue weighted by molar-refractivity contribution is 9.10. The van der Waals surface area contributed by atoms with E-state index in [9.17, 15) is 8.42 Å². The largest absolute Gasteiger partial charge is 0.490 e. The zero-order valence-corrected chi connectivity index (χ0v) is 14.1. The van der Waals surface area contributed by atoms with Crippen molar-refractivity contribution < 1.29 is 17.9 Å². The van der Waals surface area contributed by atoms with Gasteiger partial charge in [-0.05, 0) is 39.0 Å². The highest BCUT2D eigenvalue weighted by Gasteiger charge is 2.17. The number of benzene rings is 1. The first-order valence-corrected chi connectivity index (χ1v) is 8.71. The summed E-state index contributed by atoms with van der Waals surface area (Å²) in [5.41, 5.74) is -0.259. The van der Waals surface area contributed by atoms with Crippen LogP contribution in [0.25, 0.3) is 0 Å². The van der Waals surface area contributed by atoms with Crippen LogP contribution in [0, 0.1) is 0 Å². The van der Waals surface area contributed by atoms with Gasteiger partial charge in [0.1, 0.15) is 17.3 Å². The molecule has 0 heterocycles. The van der Waals surface area contributed by atoms with Gasteiger partial charge in [0.05, 0.1) is 12.2 Å². The van der Waals surface area contributed by atoms with E-state index in [4.69, 9.17) is 20.2 Å². The highest BCUT2D eigenvalue weighted by atomic mass is 79.9. The van der Waals surface area contributed by atoms with Crippen molar-refractivity contribution in [3.05, 3.63) is 22.7 Å². The van der Waals surface area contributed by atoms with Gasteiger partial charge in [-0.1, -0.05) is 15.9 Å². The fourth-order valence-electron chi connectivity index (χ4n) is 1.29. The predicted octanol–water partition coefficient (Wildman–Crippen LogP) is 3.57. The fourth-order valence-corrected chi connectivity index (χ4v) is 2.80. The molecule has 0 atom stereocenters. The van der Waals surface area contributed by atoms with Crippen LogP contribution in [0.1, 0.15) is 20.8 Å². The summed E-state index contributed by atoms with van der Waals surface area (Å²) in [5.74, 6) is 0.218. The summed E-state index contributed by atoms with van der Waals surface area (Å²) in [6.07, 6.45) is 0. The second-order valence-electron chi connectivity index (χ2n) is 4.84. The molecular formula is C12H16BrClO4S. The van der Waals surface area contributed by atoms with Crippen molar-refractivity contribution in [1.82, 2.24) is 0 Å². The lowest BCUT2D eigenvalue weighted by molar-refractivity contribution is -0.0166. The van der Waals surface area contributed by atoms with Crippen LogP contribution in [-0.4, -0.2) is 27.2 Å². The SMILES string of the molecule is CC(C)(C)OCCOc1ccc(Br)cc1S(=O)(=O)Cl. The van der Waals surface area contributed by atoms with Crippen molar-refractivity contribution >= 4 is 35.7 Å². The standard InChI is InChI=1S/C12H16BrClO4S/c1-12(2,3)18-7-6-17-10-5-4-9(13)8-11(10)19(14,15)16/h4-5,8H,6-7H2,1-3H3. The van der Waals surface area contributed by atoms with E-state index < -0.39 is 9.05 Å². The van der Waals surface area contributed by atoms with Gasteiger partial charge in [-0.2, -0.15) is 0 Å². The van der Waals surface area contributed by atoms with E-state index in [1.165, 1.54) is 6.07 Å². The van der Waals surface area contributed by atoms with E-state index in [0.29, 0.717) is 11.1 Å². The zero-order valence-electron chi connectivity index (χ0n) is 10.9. The summed E-state index contributed by atoms with van der Waals surface area (Å²) in [6.45, 7) is 6.41. The van der Waals surface area contributed by atoms with Crippen molar-refractivity contribution in [3.8, 4) is 5.75 Å². The predicted molar refractivity (Wildman–Crippen MR) is 78.4 cm³/mol. The van der Waals surface area contributed by atoms with Crippen molar-refractivity contribution in [2.75, 3.05) is 13.2 Å². The Bertz CT molecular complexity index is 537. The van der Waals surface area contributed by atoms with Gasteiger partial charge in [-0.3, -0.25) is 0 Å². The Morgan fingerprint density at radius 3 is 2.42 bits per heavy atom. The first kappa shape index (κ1) is 16.8.